The molecule has 0 spiro atoms. The Bertz CT molecular complexity index is 2620. The standard InChI is InChI=1S/C62H64O11S/c74-45-70-61-59(68-41-51-32-18-6-19-33-51)58(67-40-50-30-16-5-17-31-50)56(54(71-61)44-64-37-47-24-10-2-11-25-47)73-62-60(69-42-52-34-20-7-21-35-52)57(66-39-49-28-14-4-15-29-49)55(65-38-48-26-12-3-13-27-48)53(72-62)43-63-36-46-22-8-1-9-23-46/h1-35,45,53-62H,36-44H2/t53-,54-,55+,56-,57+,58+,59-,60-,61-,62+/m1/s1. The summed E-state index contributed by atoms with van der Waals surface area (Å²) in [4.78, 5) is 0. The molecule has 0 bridgehead atoms. The number of rotatable bonds is 27. The Morgan fingerprint density at radius 3 is 0.932 bits per heavy atom. The lowest BCUT2D eigenvalue weighted by molar-refractivity contribution is -0.372. The first kappa shape index (κ1) is 52.9. The lowest BCUT2D eigenvalue weighted by Crippen LogP contribution is -2.66. The summed E-state index contributed by atoms with van der Waals surface area (Å²) in [5, 5.41) is 0. The first-order valence-corrected chi connectivity index (χ1v) is 25.7. The number of benzene rings is 7. The van der Waals surface area contributed by atoms with Crippen LogP contribution in [0.1, 0.15) is 38.9 Å². The SMILES string of the molecule is S=CO[C@@H]1O[C@H](COCc2ccccc2)[C@@H](O[C@@H]2O[C@H](COCc3ccccc3)[C@H](OCc3ccccc3)[C@H](OCc3ccccc3)[C@H]2OCc2ccccc2)[C@H](OCc2ccccc2)[C@H]1OCc1ccccc1. The summed E-state index contributed by atoms with van der Waals surface area (Å²) in [6, 6.07) is 70.0. The minimum absolute atomic E-state index is 0.0794. The Morgan fingerprint density at radius 2 is 0.581 bits per heavy atom. The van der Waals surface area contributed by atoms with Crippen LogP contribution < -0.4 is 0 Å². The zero-order valence-corrected chi connectivity index (χ0v) is 42.1. The summed E-state index contributed by atoms with van der Waals surface area (Å²) in [6.45, 7) is 2.05. The van der Waals surface area contributed by atoms with Gasteiger partial charge in [0.25, 0.3) is 0 Å². The fourth-order valence-electron chi connectivity index (χ4n) is 9.12. The molecule has 10 atom stereocenters. The predicted molar refractivity (Wildman–Crippen MR) is 284 cm³/mol. The van der Waals surface area contributed by atoms with E-state index in [-0.39, 0.29) is 46.2 Å². The van der Waals surface area contributed by atoms with Gasteiger partial charge in [-0.3, -0.25) is 0 Å². The molecule has 384 valence electrons. The zero-order valence-electron chi connectivity index (χ0n) is 41.3. The molecule has 0 amide bonds. The van der Waals surface area contributed by atoms with Crippen LogP contribution in [-0.4, -0.2) is 80.2 Å². The van der Waals surface area contributed by atoms with E-state index in [0.717, 1.165) is 38.9 Å². The maximum Gasteiger partial charge on any atom is 0.229 e. The van der Waals surface area contributed by atoms with Crippen LogP contribution in [0.5, 0.6) is 0 Å². The minimum atomic E-state index is -1.12. The second-order valence-corrected chi connectivity index (χ2v) is 18.4. The molecule has 2 aliphatic rings. The highest BCUT2D eigenvalue weighted by atomic mass is 32.1. The van der Waals surface area contributed by atoms with Crippen molar-refractivity contribution in [3.8, 4) is 0 Å². The molecule has 0 aromatic heterocycles. The van der Waals surface area contributed by atoms with Crippen LogP contribution in [0.4, 0.5) is 0 Å². The predicted octanol–water partition coefficient (Wildman–Crippen LogP) is 11.2. The molecule has 0 saturated carbocycles. The summed E-state index contributed by atoms with van der Waals surface area (Å²) in [5.74, 6) is 0. The van der Waals surface area contributed by atoms with Gasteiger partial charge < -0.3 is 52.1 Å². The Morgan fingerprint density at radius 1 is 0.311 bits per heavy atom. The Kier molecular flexibility index (Phi) is 20.5. The van der Waals surface area contributed by atoms with Crippen molar-refractivity contribution in [2.45, 2.75) is 108 Å². The van der Waals surface area contributed by atoms with Gasteiger partial charge in [-0.2, -0.15) is 0 Å². The van der Waals surface area contributed by atoms with Gasteiger partial charge in [0.05, 0.1) is 59.5 Å². The molecular weight excluding hydrogens is 953 g/mol. The van der Waals surface area contributed by atoms with Gasteiger partial charge in [-0.25, -0.2) is 0 Å². The molecule has 0 N–H and O–H groups in total. The highest BCUT2D eigenvalue weighted by molar-refractivity contribution is 7.78. The van der Waals surface area contributed by atoms with Crippen LogP contribution in [0.2, 0.25) is 0 Å². The van der Waals surface area contributed by atoms with Crippen LogP contribution in [-0.2, 0) is 98.4 Å². The summed E-state index contributed by atoms with van der Waals surface area (Å²) in [6.07, 6.45) is -8.63. The molecule has 0 unspecified atom stereocenters. The van der Waals surface area contributed by atoms with Crippen LogP contribution in [0, 0.1) is 0 Å². The van der Waals surface area contributed by atoms with Gasteiger partial charge in [0, 0.05) is 0 Å². The smallest absolute Gasteiger partial charge is 0.229 e. The van der Waals surface area contributed by atoms with Crippen molar-refractivity contribution in [2.75, 3.05) is 13.2 Å². The summed E-state index contributed by atoms with van der Waals surface area (Å²) in [5.41, 5.74) is 8.03. The van der Waals surface area contributed by atoms with E-state index in [1.54, 1.807) is 0 Å². The Balaban J connectivity index is 1.12. The van der Waals surface area contributed by atoms with E-state index < -0.39 is 61.4 Å². The third-order valence-corrected chi connectivity index (χ3v) is 13.0. The molecule has 0 radical (unpaired) electrons. The number of hydrogen-bond acceptors (Lipinski definition) is 12. The van der Waals surface area contributed by atoms with Gasteiger partial charge in [-0.05, 0) is 51.2 Å². The van der Waals surface area contributed by atoms with Gasteiger partial charge in [0.1, 0.15) is 54.4 Å². The quantitative estimate of drug-likeness (QED) is 0.0459. The molecule has 2 aliphatic heterocycles. The number of hydrogen-bond donors (Lipinski definition) is 0. The average molecular weight is 1020 g/mol. The van der Waals surface area contributed by atoms with Crippen LogP contribution in [0.25, 0.3) is 0 Å². The molecule has 12 heteroatoms. The summed E-state index contributed by atoms with van der Waals surface area (Å²) < 4.78 is 75.8. The molecule has 11 nitrogen and oxygen atoms in total. The van der Waals surface area contributed by atoms with Gasteiger partial charge in [0.2, 0.25) is 6.29 Å². The average Bonchev–Trinajstić information content (AvgIpc) is 3.45. The summed E-state index contributed by atoms with van der Waals surface area (Å²) in [7, 11) is 0. The summed E-state index contributed by atoms with van der Waals surface area (Å²) >= 11 is 5.33. The highest BCUT2D eigenvalue weighted by Crippen LogP contribution is 2.37. The van der Waals surface area contributed by atoms with Gasteiger partial charge in [-0.1, -0.05) is 212 Å². The van der Waals surface area contributed by atoms with Crippen LogP contribution in [0.3, 0.4) is 0 Å². The monoisotopic (exact) mass is 1020 g/mol. The largest absolute Gasteiger partial charge is 0.458 e. The lowest BCUT2D eigenvalue weighted by atomic mass is 9.95. The zero-order chi connectivity index (χ0) is 50.4. The second kappa shape index (κ2) is 28.6. The number of ether oxygens (including phenoxy) is 11. The van der Waals surface area contributed by atoms with E-state index in [0.29, 0.717) is 13.2 Å². The van der Waals surface area contributed by atoms with E-state index in [1.807, 2.05) is 212 Å². The van der Waals surface area contributed by atoms with Crippen molar-refractivity contribution in [3.05, 3.63) is 251 Å². The van der Waals surface area contributed by atoms with Gasteiger partial charge >= 0.3 is 0 Å². The molecule has 7 aromatic carbocycles. The molecule has 9 rings (SSSR count). The third-order valence-electron chi connectivity index (χ3n) is 12.9. The number of thiocarbonyl (C=S) groups is 1. The topological polar surface area (TPSA) is 102 Å². The Hall–Kier alpha value is -5.97. The van der Waals surface area contributed by atoms with Crippen molar-refractivity contribution in [1.29, 1.82) is 0 Å². The van der Waals surface area contributed by atoms with Gasteiger partial charge in [0.15, 0.2) is 6.29 Å². The molecule has 0 aliphatic carbocycles. The molecule has 2 saturated heterocycles. The molecule has 7 aromatic rings. The van der Waals surface area contributed by atoms with Crippen LogP contribution >= 0.6 is 12.2 Å². The van der Waals surface area contributed by atoms with E-state index in [2.05, 4.69) is 0 Å². The van der Waals surface area contributed by atoms with Crippen molar-refractivity contribution in [1.82, 2.24) is 0 Å². The first-order chi connectivity index (χ1) is 36.7. The second-order valence-electron chi connectivity index (χ2n) is 18.2. The molecule has 2 heterocycles. The fraction of sp³-hybridized carbons (Fsp3) is 0.306. The third kappa shape index (κ3) is 15.5. The fourth-order valence-corrected chi connectivity index (χ4v) is 9.23. The highest BCUT2D eigenvalue weighted by Gasteiger charge is 2.55. The van der Waals surface area contributed by atoms with Crippen molar-refractivity contribution in [3.63, 3.8) is 0 Å². The van der Waals surface area contributed by atoms with E-state index in [9.17, 15) is 0 Å². The molecule has 74 heavy (non-hydrogen) atoms. The first-order valence-electron chi connectivity index (χ1n) is 25.2. The van der Waals surface area contributed by atoms with Crippen LogP contribution in [0.15, 0.2) is 212 Å². The van der Waals surface area contributed by atoms with E-state index in [1.165, 1.54) is 5.55 Å². The molecule has 2 fully saturated rings. The van der Waals surface area contributed by atoms with Gasteiger partial charge in [-0.15, -0.1) is 0 Å². The van der Waals surface area contributed by atoms with Crippen molar-refractivity contribution < 1.29 is 52.1 Å². The normalized spacial score (nSPS) is 23.7. The van der Waals surface area contributed by atoms with E-state index in [4.69, 9.17) is 64.3 Å². The maximum absolute atomic E-state index is 7.51. The van der Waals surface area contributed by atoms with Crippen molar-refractivity contribution in [2.24, 2.45) is 0 Å². The molecular formula is C62H64O11S. The van der Waals surface area contributed by atoms with E-state index >= 15 is 0 Å². The lowest BCUT2D eigenvalue weighted by Gasteiger charge is -2.50. The minimum Gasteiger partial charge on any atom is -0.458 e. The Labute approximate surface area is 440 Å². The maximum atomic E-state index is 7.51. The van der Waals surface area contributed by atoms with Crippen molar-refractivity contribution >= 4 is 17.8 Å².